The smallest absolute Gasteiger partial charge is 0.340 e. The minimum Gasteiger partial charge on any atom is -0.487 e. The van der Waals surface area contributed by atoms with Gasteiger partial charge in [0.15, 0.2) is 12.4 Å². The van der Waals surface area contributed by atoms with Crippen LogP contribution in [0.15, 0.2) is 18.2 Å². The summed E-state index contributed by atoms with van der Waals surface area (Å²) in [5.41, 5.74) is 5.73. The lowest BCUT2D eigenvalue weighted by atomic mass is 10.1. The molecule has 0 fully saturated rings. The Morgan fingerprint density at radius 1 is 1.44 bits per heavy atom. The maximum absolute atomic E-state index is 12.6. The third-order valence-corrected chi connectivity index (χ3v) is 2.15. The van der Waals surface area contributed by atoms with Crippen molar-refractivity contribution >= 4 is 11.5 Å². The van der Waals surface area contributed by atoms with Crippen LogP contribution in [-0.4, -0.2) is 24.7 Å². The number of ketones is 1. The van der Waals surface area contributed by atoms with Crippen LogP contribution in [0.3, 0.4) is 0 Å². The SMILES string of the molecule is CC(=O)c1cc(OCC(F)(F)C(F)F)ccc1N. The number of carbonyl (C=O) groups is 1. The van der Waals surface area contributed by atoms with Gasteiger partial charge in [0.05, 0.1) is 0 Å². The molecular formula is C11H11F4NO2. The maximum atomic E-state index is 12.6. The van der Waals surface area contributed by atoms with E-state index in [1.54, 1.807) is 0 Å². The number of halogens is 4. The number of anilines is 1. The largest absolute Gasteiger partial charge is 0.487 e. The Morgan fingerprint density at radius 2 is 2.06 bits per heavy atom. The standard InChI is InChI=1S/C11H11F4NO2/c1-6(17)8-4-7(2-3-9(8)16)18-5-11(14,15)10(12)13/h2-4,10H,5,16H2,1H3. The number of hydrogen-bond donors (Lipinski definition) is 1. The van der Waals surface area contributed by atoms with Crippen molar-refractivity contribution in [3.63, 3.8) is 0 Å². The van der Waals surface area contributed by atoms with Gasteiger partial charge in [0, 0.05) is 11.3 Å². The van der Waals surface area contributed by atoms with Crippen LogP contribution in [0.5, 0.6) is 5.75 Å². The summed E-state index contributed by atoms with van der Waals surface area (Å²) in [7, 11) is 0. The lowest BCUT2D eigenvalue weighted by Gasteiger charge is -2.16. The van der Waals surface area contributed by atoms with Crippen LogP contribution in [0.1, 0.15) is 17.3 Å². The number of nitrogens with two attached hydrogens (primary N) is 1. The van der Waals surface area contributed by atoms with E-state index in [1.807, 2.05) is 0 Å². The van der Waals surface area contributed by atoms with Crippen molar-refractivity contribution in [1.82, 2.24) is 0 Å². The normalized spacial score (nSPS) is 11.7. The molecule has 1 aromatic carbocycles. The van der Waals surface area contributed by atoms with Crippen molar-refractivity contribution in [2.75, 3.05) is 12.3 Å². The Kier molecular flexibility index (Phi) is 4.15. The highest BCUT2D eigenvalue weighted by molar-refractivity contribution is 5.99. The summed E-state index contributed by atoms with van der Waals surface area (Å²) in [4.78, 5) is 11.1. The van der Waals surface area contributed by atoms with Gasteiger partial charge in [-0.05, 0) is 25.1 Å². The minimum atomic E-state index is -4.24. The van der Waals surface area contributed by atoms with E-state index in [4.69, 9.17) is 5.73 Å². The Balaban J connectivity index is 2.81. The summed E-state index contributed by atoms with van der Waals surface area (Å²) in [6.45, 7) is -0.227. The molecule has 0 radical (unpaired) electrons. The van der Waals surface area contributed by atoms with Gasteiger partial charge in [0.25, 0.3) is 0 Å². The average Bonchev–Trinajstić information content (AvgIpc) is 2.27. The molecular weight excluding hydrogens is 254 g/mol. The molecule has 18 heavy (non-hydrogen) atoms. The van der Waals surface area contributed by atoms with Crippen molar-refractivity contribution in [3.05, 3.63) is 23.8 Å². The fourth-order valence-corrected chi connectivity index (χ4v) is 1.17. The molecule has 2 N–H and O–H groups in total. The summed E-state index contributed by atoms with van der Waals surface area (Å²) >= 11 is 0. The second kappa shape index (κ2) is 5.24. The molecule has 0 saturated heterocycles. The molecule has 0 bridgehead atoms. The van der Waals surface area contributed by atoms with Crippen molar-refractivity contribution in [3.8, 4) is 5.75 Å². The molecule has 7 heteroatoms. The molecule has 0 spiro atoms. The second-order valence-electron chi connectivity index (χ2n) is 3.66. The average molecular weight is 265 g/mol. The van der Waals surface area contributed by atoms with E-state index in [2.05, 4.69) is 4.74 Å². The van der Waals surface area contributed by atoms with E-state index in [-0.39, 0.29) is 22.8 Å². The zero-order valence-corrected chi connectivity index (χ0v) is 9.42. The van der Waals surface area contributed by atoms with E-state index >= 15 is 0 Å². The lowest BCUT2D eigenvalue weighted by Crippen LogP contribution is -2.33. The zero-order valence-electron chi connectivity index (χ0n) is 9.42. The van der Waals surface area contributed by atoms with Crippen molar-refractivity contribution in [1.29, 1.82) is 0 Å². The van der Waals surface area contributed by atoms with Gasteiger partial charge in [-0.25, -0.2) is 8.78 Å². The zero-order chi connectivity index (χ0) is 13.9. The van der Waals surface area contributed by atoms with Gasteiger partial charge in [-0.15, -0.1) is 0 Å². The van der Waals surface area contributed by atoms with Crippen LogP contribution in [0.25, 0.3) is 0 Å². The molecule has 0 unspecified atom stereocenters. The highest BCUT2D eigenvalue weighted by Crippen LogP contribution is 2.26. The molecule has 0 aliphatic carbocycles. The van der Waals surface area contributed by atoms with Crippen LogP contribution < -0.4 is 10.5 Å². The fourth-order valence-electron chi connectivity index (χ4n) is 1.17. The fraction of sp³-hybridized carbons (Fsp3) is 0.364. The van der Waals surface area contributed by atoms with Crippen LogP contribution in [0.4, 0.5) is 23.2 Å². The molecule has 0 aliphatic heterocycles. The van der Waals surface area contributed by atoms with Gasteiger partial charge in [-0.1, -0.05) is 0 Å². The molecule has 0 atom stereocenters. The number of rotatable bonds is 5. The van der Waals surface area contributed by atoms with Gasteiger partial charge in [-0.2, -0.15) is 8.78 Å². The Bertz CT molecular complexity index is 449. The summed E-state index contributed by atoms with van der Waals surface area (Å²) in [5.74, 6) is -4.73. The van der Waals surface area contributed by atoms with Crippen LogP contribution >= 0.6 is 0 Å². The van der Waals surface area contributed by atoms with Crippen molar-refractivity contribution in [2.45, 2.75) is 19.3 Å². The molecule has 0 heterocycles. The van der Waals surface area contributed by atoms with E-state index < -0.39 is 19.0 Å². The van der Waals surface area contributed by atoms with Gasteiger partial charge < -0.3 is 10.5 Å². The van der Waals surface area contributed by atoms with Crippen LogP contribution in [0.2, 0.25) is 0 Å². The lowest BCUT2D eigenvalue weighted by molar-refractivity contribution is -0.148. The first-order valence-corrected chi connectivity index (χ1v) is 4.93. The molecule has 0 amide bonds. The molecule has 1 rings (SSSR count). The number of carbonyl (C=O) groups excluding carboxylic acids is 1. The molecule has 3 nitrogen and oxygen atoms in total. The first-order chi connectivity index (χ1) is 8.24. The molecule has 0 aromatic heterocycles. The molecule has 0 aliphatic rings. The van der Waals surface area contributed by atoms with E-state index in [1.165, 1.54) is 19.1 Å². The Labute approximate surface area is 101 Å². The highest BCUT2D eigenvalue weighted by atomic mass is 19.3. The number of benzene rings is 1. The summed E-state index contributed by atoms with van der Waals surface area (Å²) in [5, 5.41) is 0. The Hall–Kier alpha value is -1.79. The second-order valence-corrected chi connectivity index (χ2v) is 3.66. The number of hydrogen-bond acceptors (Lipinski definition) is 3. The third kappa shape index (κ3) is 3.35. The summed E-state index contributed by atoms with van der Waals surface area (Å²) in [6, 6.07) is 3.65. The highest BCUT2D eigenvalue weighted by Gasteiger charge is 2.41. The van der Waals surface area contributed by atoms with Gasteiger partial charge >= 0.3 is 12.3 Å². The monoisotopic (exact) mass is 265 g/mol. The van der Waals surface area contributed by atoms with Gasteiger partial charge in [0.1, 0.15) is 5.75 Å². The first-order valence-electron chi connectivity index (χ1n) is 4.93. The third-order valence-electron chi connectivity index (χ3n) is 2.15. The van der Waals surface area contributed by atoms with Gasteiger partial charge in [-0.3, -0.25) is 4.79 Å². The predicted octanol–water partition coefficient (Wildman–Crippen LogP) is 2.75. The molecule has 100 valence electrons. The number of nitrogen functional groups attached to an aromatic ring is 1. The maximum Gasteiger partial charge on any atom is 0.340 e. The van der Waals surface area contributed by atoms with Crippen LogP contribution in [0, 0.1) is 0 Å². The first kappa shape index (κ1) is 14.3. The minimum absolute atomic E-state index is 0.0906. The van der Waals surface area contributed by atoms with E-state index in [9.17, 15) is 22.4 Å². The topological polar surface area (TPSA) is 52.3 Å². The number of Topliss-reactive ketones (excluding diaryl/α,β-unsaturated/α-hetero) is 1. The predicted molar refractivity (Wildman–Crippen MR) is 57.3 cm³/mol. The molecule has 1 aromatic rings. The quantitative estimate of drug-likeness (QED) is 0.506. The summed E-state index contributed by atoms with van der Waals surface area (Å²) in [6.07, 6.45) is -3.81. The Morgan fingerprint density at radius 3 is 2.56 bits per heavy atom. The van der Waals surface area contributed by atoms with E-state index in [0.29, 0.717) is 0 Å². The number of ether oxygens (including phenoxy) is 1. The summed E-state index contributed by atoms with van der Waals surface area (Å²) < 4.78 is 53.5. The van der Waals surface area contributed by atoms with Crippen molar-refractivity contribution in [2.24, 2.45) is 0 Å². The number of alkyl halides is 4. The van der Waals surface area contributed by atoms with Crippen molar-refractivity contribution < 1.29 is 27.1 Å². The molecule has 0 saturated carbocycles. The van der Waals surface area contributed by atoms with E-state index in [0.717, 1.165) is 6.07 Å². The van der Waals surface area contributed by atoms with Gasteiger partial charge in [0.2, 0.25) is 0 Å². The van der Waals surface area contributed by atoms with Crippen LogP contribution in [-0.2, 0) is 0 Å².